The Kier molecular flexibility index (Phi) is 8.47. The van der Waals surface area contributed by atoms with Gasteiger partial charge in [0.25, 0.3) is 5.91 Å². The minimum Gasteiger partial charge on any atom is -0.481 e. The van der Waals surface area contributed by atoms with Gasteiger partial charge in [0.05, 0.1) is 6.61 Å². The van der Waals surface area contributed by atoms with Crippen molar-refractivity contribution in [3.63, 3.8) is 0 Å². The van der Waals surface area contributed by atoms with Crippen molar-refractivity contribution in [1.29, 1.82) is 0 Å². The van der Waals surface area contributed by atoms with Crippen LogP contribution in [0.15, 0.2) is 24.3 Å². The minimum atomic E-state index is -0.527. The van der Waals surface area contributed by atoms with Crippen LogP contribution in [-0.4, -0.2) is 38.8 Å². The van der Waals surface area contributed by atoms with Crippen LogP contribution in [0.1, 0.15) is 25.8 Å². The highest BCUT2D eigenvalue weighted by Crippen LogP contribution is 2.15. The van der Waals surface area contributed by atoms with Gasteiger partial charge in [-0.2, -0.15) is 0 Å². The van der Waals surface area contributed by atoms with Gasteiger partial charge in [-0.25, -0.2) is 0 Å². The summed E-state index contributed by atoms with van der Waals surface area (Å²) < 4.78 is 10.6. The second-order valence-electron chi connectivity index (χ2n) is 4.87. The molecule has 0 bridgehead atoms. The summed E-state index contributed by atoms with van der Waals surface area (Å²) >= 11 is 0. The predicted octanol–water partition coefficient (Wildman–Crippen LogP) is 1.72. The van der Waals surface area contributed by atoms with Gasteiger partial charge in [0, 0.05) is 20.2 Å². The van der Waals surface area contributed by atoms with Crippen LogP contribution in [-0.2, 0) is 16.1 Å². The number of methoxy groups -OCH3 is 1. The first kappa shape index (κ1) is 17.5. The second kappa shape index (κ2) is 10.2. The van der Waals surface area contributed by atoms with Crippen LogP contribution in [0.25, 0.3) is 0 Å². The van der Waals surface area contributed by atoms with Gasteiger partial charge in [0.2, 0.25) is 0 Å². The van der Waals surface area contributed by atoms with Gasteiger partial charge in [-0.15, -0.1) is 0 Å². The third kappa shape index (κ3) is 7.11. The molecule has 5 nitrogen and oxygen atoms in total. The molecule has 0 spiro atoms. The number of carbonyl (C=O) groups excluding carboxylic acids is 1. The number of rotatable bonds is 10. The molecule has 0 fully saturated rings. The van der Waals surface area contributed by atoms with Gasteiger partial charge >= 0.3 is 0 Å². The summed E-state index contributed by atoms with van der Waals surface area (Å²) in [4.78, 5) is 11.8. The Bertz CT molecular complexity index is 424. The molecule has 5 heteroatoms. The molecule has 1 aromatic rings. The Morgan fingerprint density at radius 1 is 1.33 bits per heavy atom. The maximum Gasteiger partial charge on any atom is 0.260 e. The second-order valence-corrected chi connectivity index (χ2v) is 4.87. The molecule has 0 aliphatic rings. The Labute approximate surface area is 127 Å². The number of hydrogen-bond acceptors (Lipinski definition) is 4. The Hall–Kier alpha value is -1.59. The van der Waals surface area contributed by atoms with Gasteiger partial charge in [-0.3, -0.25) is 4.79 Å². The van der Waals surface area contributed by atoms with Gasteiger partial charge in [0.15, 0.2) is 6.10 Å². The van der Waals surface area contributed by atoms with Crippen molar-refractivity contribution in [2.75, 3.05) is 26.8 Å². The molecule has 118 valence electrons. The van der Waals surface area contributed by atoms with Crippen molar-refractivity contribution in [3.8, 4) is 5.75 Å². The fraction of sp³-hybridized carbons (Fsp3) is 0.562. The fourth-order valence-corrected chi connectivity index (χ4v) is 1.82. The van der Waals surface area contributed by atoms with E-state index in [9.17, 15) is 4.79 Å². The number of carbonyl (C=O) groups is 1. The number of ether oxygens (including phenoxy) is 2. The Balaban J connectivity index is 2.45. The largest absolute Gasteiger partial charge is 0.481 e. The molecule has 0 aromatic heterocycles. The summed E-state index contributed by atoms with van der Waals surface area (Å²) in [5.41, 5.74) is 1.15. The van der Waals surface area contributed by atoms with E-state index in [0.29, 0.717) is 18.9 Å². The molecule has 1 atom stereocenters. The first-order valence-corrected chi connectivity index (χ1v) is 7.40. The first-order valence-electron chi connectivity index (χ1n) is 7.40. The maximum atomic E-state index is 11.8. The van der Waals surface area contributed by atoms with Crippen LogP contribution < -0.4 is 15.4 Å². The number of nitrogens with one attached hydrogen (secondary N) is 2. The summed E-state index contributed by atoms with van der Waals surface area (Å²) in [6, 6.07) is 7.80. The first-order chi connectivity index (χ1) is 10.2. The molecule has 0 heterocycles. The molecular weight excluding hydrogens is 268 g/mol. The highest BCUT2D eigenvalue weighted by Gasteiger charge is 2.13. The SMILES string of the molecule is CCCNCc1cccc(OC(C)C(=O)NCCOC)c1. The smallest absolute Gasteiger partial charge is 0.260 e. The zero-order chi connectivity index (χ0) is 15.5. The van der Waals surface area contributed by atoms with Crippen molar-refractivity contribution >= 4 is 5.91 Å². The van der Waals surface area contributed by atoms with Crippen molar-refractivity contribution in [2.45, 2.75) is 32.9 Å². The van der Waals surface area contributed by atoms with E-state index in [1.54, 1.807) is 14.0 Å². The molecular formula is C16H26N2O3. The summed E-state index contributed by atoms with van der Waals surface area (Å²) in [6.45, 7) is 6.66. The predicted molar refractivity (Wildman–Crippen MR) is 83.4 cm³/mol. The third-order valence-electron chi connectivity index (χ3n) is 2.94. The quantitative estimate of drug-likeness (QED) is 0.645. The lowest BCUT2D eigenvalue weighted by Gasteiger charge is -2.15. The topological polar surface area (TPSA) is 59.6 Å². The number of benzene rings is 1. The minimum absolute atomic E-state index is 0.137. The van der Waals surface area contributed by atoms with Crippen LogP contribution in [0.3, 0.4) is 0 Å². The van der Waals surface area contributed by atoms with Gasteiger partial charge in [-0.05, 0) is 37.6 Å². The van der Waals surface area contributed by atoms with E-state index in [1.165, 1.54) is 0 Å². The average Bonchev–Trinajstić information content (AvgIpc) is 2.48. The van der Waals surface area contributed by atoms with Crippen LogP contribution in [0, 0.1) is 0 Å². The van der Waals surface area contributed by atoms with E-state index in [2.05, 4.69) is 17.6 Å². The summed E-state index contributed by atoms with van der Waals surface area (Å²) in [5, 5.41) is 6.10. The monoisotopic (exact) mass is 294 g/mol. The molecule has 0 saturated carbocycles. The average molecular weight is 294 g/mol. The molecule has 0 saturated heterocycles. The molecule has 0 radical (unpaired) electrons. The third-order valence-corrected chi connectivity index (χ3v) is 2.94. The zero-order valence-electron chi connectivity index (χ0n) is 13.1. The van der Waals surface area contributed by atoms with Gasteiger partial charge in [-0.1, -0.05) is 19.1 Å². The van der Waals surface area contributed by atoms with Gasteiger partial charge in [0.1, 0.15) is 5.75 Å². The summed E-state index contributed by atoms with van der Waals surface area (Å²) in [7, 11) is 1.60. The van der Waals surface area contributed by atoms with E-state index in [4.69, 9.17) is 9.47 Å². The number of amides is 1. The molecule has 2 N–H and O–H groups in total. The van der Waals surface area contributed by atoms with Crippen molar-refractivity contribution in [2.24, 2.45) is 0 Å². The van der Waals surface area contributed by atoms with E-state index >= 15 is 0 Å². The highest BCUT2D eigenvalue weighted by molar-refractivity contribution is 5.80. The van der Waals surface area contributed by atoms with Crippen molar-refractivity contribution in [1.82, 2.24) is 10.6 Å². The Morgan fingerprint density at radius 3 is 2.86 bits per heavy atom. The van der Waals surface area contributed by atoms with E-state index in [1.807, 2.05) is 24.3 Å². The van der Waals surface area contributed by atoms with E-state index < -0.39 is 6.10 Å². The van der Waals surface area contributed by atoms with Crippen LogP contribution in [0.5, 0.6) is 5.75 Å². The van der Waals surface area contributed by atoms with Crippen molar-refractivity contribution in [3.05, 3.63) is 29.8 Å². The number of hydrogen-bond donors (Lipinski definition) is 2. The van der Waals surface area contributed by atoms with Crippen LogP contribution >= 0.6 is 0 Å². The summed E-state index contributed by atoms with van der Waals surface area (Å²) in [6.07, 6.45) is 0.579. The van der Waals surface area contributed by atoms with Crippen LogP contribution in [0.4, 0.5) is 0 Å². The molecule has 1 aromatic carbocycles. The lowest BCUT2D eigenvalue weighted by atomic mass is 10.2. The zero-order valence-corrected chi connectivity index (χ0v) is 13.1. The van der Waals surface area contributed by atoms with Crippen molar-refractivity contribution < 1.29 is 14.3 Å². The highest BCUT2D eigenvalue weighted by atomic mass is 16.5. The molecule has 21 heavy (non-hydrogen) atoms. The lowest BCUT2D eigenvalue weighted by Crippen LogP contribution is -2.37. The summed E-state index contributed by atoms with van der Waals surface area (Å²) in [5.74, 6) is 0.571. The van der Waals surface area contributed by atoms with Crippen LogP contribution in [0.2, 0.25) is 0 Å². The lowest BCUT2D eigenvalue weighted by molar-refractivity contribution is -0.127. The standard InChI is InChI=1S/C16H26N2O3/c1-4-8-17-12-14-6-5-7-15(11-14)21-13(2)16(19)18-9-10-20-3/h5-7,11,13,17H,4,8-10,12H2,1-3H3,(H,18,19). The molecule has 1 amide bonds. The molecule has 0 aliphatic heterocycles. The van der Waals surface area contributed by atoms with E-state index in [0.717, 1.165) is 25.1 Å². The molecule has 1 rings (SSSR count). The molecule has 0 aliphatic carbocycles. The van der Waals surface area contributed by atoms with Gasteiger partial charge < -0.3 is 20.1 Å². The normalized spacial score (nSPS) is 12.0. The van der Waals surface area contributed by atoms with E-state index in [-0.39, 0.29) is 5.91 Å². The Morgan fingerprint density at radius 2 is 2.14 bits per heavy atom. The molecule has 1 unspecified atom stereocenters. The fourth-order valence-electron chi connectivity index (χ4n) is 1.82. The maximum absolute atomic E-state index is 11.8.